The second-order valence-corrected chi connectivity index (χ2v) is 2.66. The zero-order valence-electron chi connectivity index (χ0n) is 8.49. The van der Waals surface area contributed by atoms with Gasteiger partial charge in [0.25, 0.3) is 0 Å². The fraction of sp³-hybridized carbons (Fsp3) is 0.778. The third-order valence-corrected chi connectivity index (χ3v) is 1.61. The number of aliphatic imine (C=N–C) groups is 1. The van der Waals surface area contributed by atoms with E-state index in [1.807, 2.05) is 6.92 Å². The molecule has 0 N–H and O–H groups in total. The molecule has 80 valence electrons. The van der Waals surface area contributed by atoms with Crippen LogP contribution in [0.5, 0.6) is 0 Å². The SMILES string of the molecule is CCOCCC(N=C=S)C(=O)OCC. The first-order valence-corrected chi connectivity index (χ1v) is 4.98. The number of esters is 1. The van der Waals surface area contributed by atoms with E-state index in [4.69, 9.17) is 9.47 Å². The van der Waals surface area contributed by atoms with Gasteiger partial charge in [0.15, 0.2) is 6.04 Å². The molecule has 14 heavy (non-hydrogen) atoms. The summed E-state index contributed by atoms with van der Waals surface area (Å²) in [6.07, 6.45) is 0.482. The third-order valence-electron chi connectivity index (χ3n) is 1.51. The molecular formula is C9H15NO3S. The molecule has 0 fully saturated rings. The summed E-state index contributed by atoms with van der Waals surface area (Å²) in [6.45, 7) is 5.08. The second-order valence-electron chi connectivity index (χ2n) is 2.47. The van der Waals surface area contributed by atoms with Gasteiger partial charge in [0.1, 0.15) is 0 Å². The van der Waals surface area contributed by atoms with Crippen molar-refractivity contribution in [3.8, 4) is 0 Å². The van der Waals surface area contributed by atoms with Gasteiger partial charge in [-0.05, 0) is 26.1 Å². The number of thiocarbonyl (C=S) groups is 1. The number of hydrogen-bond donors (Lipinski definition) is 0. The van der Waals surface area contributed by atoms with Crippen molar-refractivity contribution in [3.05, 3.63) is 0 Å². The maximum Gasteiger partial charge on any atom is 0.331 e. The summed E-state index contributed by atoms with van der Waals surface area (Å²) in [4.78, 5) is 15.0. The Morgan fingerprint density at radius 3 is 2.71 bits per heavy atom. The lowest BCUT2D eigenvalue weighted by Crippen LogP contribution is -2.23. The molecule has 0 amide bonds. The predicted octanol–water partition coefficient (Wildman–Crippen LogP) is 1.45. The Bertz CT molecular complexity index is 214. The predicted molar refractivity (Wildman–Crippen MR) is 56.6 cm³/mol. The number of ether oxygens (including phenoxy) is 2. The van der Waals surface area contributed by atoms with Crippen LogP contribution < -0.4 is 0 Å². The van der Waals surface area contributed by atoms with Crippen molar-refractivity contribution >= 4 is 23.3 Å². The molecular weight excluding hydrogens is 202 g/mol. The topological polar surface area (TPSA) is 47.9 Å². The summed E-state index contributed by atoms with van der Waals surface area (Å²) in [6, 6.07) is -0.570. The van der Waals surface area contributed by atoms with Crippen LogP contribution >= 0.6 is 12.2 Å². The molecule has 5 heteroatoms. The van der Waals surface area contributed by atoms with Crippen molar-refractivity contribution in [2.45, 2.75) is 26.3 Å². The van der Waals surface area contributed by atoms with E-state index in [1.165, 1.54) is 0 Å². The minimum atomic E-state index is -0.570. The van der Waals surface area contributed by atoms with E-state index >= 15 is 0 Å². The second kappa shape index (κ2) is 8.81. The Labute approximate surface area is 89.3 Å². The van der Waals surface area contributed by atoms with Gasteiger partial charge < -0.3 is 9.47 Å². The van der Waals surface area contributed by atoms with E-state index in [0.29, 0.717) is 26.2 Å². The fourth-order valence-corrected chi connectivity index (χ4v) is 1.00. The number of carbonyl (C=O) groups is 1. The number of isothiocyanates is 1. The Balaban J connectivity index is 4.00. The minimum Gasteiger partial charge on any atom is -0.464 e. The number of carbonyl (C=O) groups excluding carboxylic acids is 1. The van der Waals surface area contributed by atoms with Crippen molar-refractivity contribution in [3.63, 3.8) is 0 Å². The molecule has 0 saturated carbocycles. The molecule has 0 heterocycles. The minimum absolute atomic E-state index is 0.344. The number of nitrogens with zero attached hydrogens (tertiary/aromatic N) is 1. The van der Waals surface area contributed by atoms with Gasteiger partial charge in [-0.1, -0.05) is 0 Å². The molecule has 0 rings (SSSR count). The Morgan fingerprint density at radius 1 is 1.50 bits per heavy atom. The van der Waals surface area contributed by atoms with Crippen LogP contribution in [0.25, 0.3) is 0 Å². The quantitative estimate of drug-likeness (QED) is 0.280. The lowest BCUT2D eigenvalue weighted by Gasteiger charge is -2.09. The summed E-state index contributed by atoms with van der Waals surface area (Å²) < 4.78 is 9.92. The van der Waals surface area contributed by atoms with Gasteiger partial charge in [-0.3, -0.25) is 0 Å². The van der Waals surface area contributed by atoms with Gasteiger partial charge in [0.05, 0.1) is 11.8 Å². The number of hydrogen-bond acceptors (Lipinski definition) is 5. The average molecular weight is 217 g/mol. The molecule has 1 unspecified atom stereocenters. The lowest BCUT2D eigenvalue weighted by atomic mass is 10.2. The van der Waals surface area contributed by atoms with Crippen molar-refractivity contribution in [1.82, 2.24) is 0 Å². The maximum atomic E-state index is 11.3. The summed E-state index contributed by atoms with van der Waals surface area (Å²) >= 11 is 4.45. The number of rotatable bonds is 7. The molecule has 0 radical (unpaired) electrons. The van der Waals surface area contributed by atoms with Gasteiger partial charge in [-0.15, -0.1) is 0 Å². The van der Waals surface area contributed by atoms with Crippen LogP contribution in [0.2, 0.25) is 0 Å². The highest BCUT2D eigenvalue weighted by molar-refractivity contribution is 7.78. The summed E-state index contributed by atoms with van der Waals surface area (Å²) in [5.41, 5.74) is 0. The average Bonchev–Trinajstić information content (AvgIpc) is 2.17. The Hall–Kier alpha value is -0.770. The van der Waals surface area contributed by atoms with Crippen LogP contribution in [-0.4, -0.2) is 37.0 Å². The summed E-state index contributed by atoms with van der Waals surface area (Å²) in [5.74, 6) is -0.371. The summed E-state index contributed by atoms with van der Waals surface area (Å²) in [5, 5.41) is 2.19. The van der Waals surface area contributed by atoms with E-state index in [1.54, 1.807) is 6.92 Å². The zero-order valence-corrected chi connectivity index (χ0v) is 9.30. The molecule has 0 aromatic carbocycles. The molecule has 1 atom stereocenters. The van der Waals surface area contributed by atoms with Crippen LogP contribution in [-0.2, 0) is 14.3 Å². The normalized spacial score (nSPS) is 11.6. The van der Waals surface area contributed by atoms with E-state index < -0.39 is 6.04 Å². The van der Waals surface area contributed by atoms with Crippen LogP contribution in [0.15, 0.2) is 4.99 Å². The zero-order chi connectivity index (χ0) is 10.8. The first-order valence-electron chi connectivity index (χ1n) is 4.57. The van der Waals surface area contributed by atoms with Crippen LogP contribution in [0, 0.1) is 0 Å². The lowest BCUT2D eigenvalue weighted by molar-refractivity contribution is -0.145. The monoisotopic (exact) mass is 217 g/mol. The Kier molecular flexibility index (Phi) is 8.33. The van der Waals surface area contributed by atoms with Gasteiger partial charge in [0, 0.05) is 19.6 Å². The molecule has 4 nitrogen and oxygen atoms in total. The molecule has 0 bridgehead atoms. The van der Waals surface area contributed by atoms with Crippen molar-refractivity contribution in [1.29, 1.82) is 0 Å². The third kappa shape index (κ3) is 5.80. The van der Waals surface area contributed by atoms with E-state index in [9.17, 15) is 4.79 Å². The molecule has 0 aliphatic heterocycles. The molecule has 0 aliphatic rings. The standard InChI is InChI=1S/C9H15NO3S/c1-3-12-6-5-8(10-7-14)9(11)13-4-2/h8H,3-6H2,1-2H3. The smallest absolute Gasteiger partial charge is 0.331 e. The largest absolute Gasteiger partial charge is 0.464 e. The van der Waals surface area contributed by atoms with Crippen molar-refractivity contribution in [2.75, 3.05) is 19.8 Å². The highest BCUT2D eigenvalue weighted by Gasteiger charge is 2.17. The van der Waals surface area contributed by atoms with Gasteiger partial charge >= 0.3 is 5.97 Å². The molecule has 0 aromatic rings. The molecule has 0 spiro atoms. The summed E-state index contributed by atoms with van der Waals surface area (Å²) in [7, 11) is 0. The van der Waals surface area contributed by atoms with E-state index in [-0.39, 0.29) is 5.97 Å². The van der Waals surface area contributed by atoms with Gasteiger partial charge in [0.2, 0.25) is 0 Å². The Morgan fingerprint density at radius 2 is 2.21 bits per heavy atom. The molecule has 0 aliphatic carbocycles. The fourth-order valence-electron chi connectivity index (χ4n) is 0.876. The maximum absolute atomic E-state index is 11.3. The van der Waals surface area contributed by atoms with Crippen LogP contribution in [0.4, 0.5) is 0 Å². The first kappa shape index (κ1) is 13.2. The van der Waals surface area contributed by atoms with Gasteiger partial charge in [-0.25, -0.2) is 9.79 Å². The highest BCUT2D eigenvalue weighted by Crippen LogP contribution is 2.01. The first-order chi connectivity index (χ1) is 6.76. The highest BCUT2D eigenvalue weighted by atomic mass is 32.1. The van der Waals surface area contributed by atoms with Gasteiger partial charge in [-0.2, -0.15) is 0 Å². The van der Waals surface area contributed by atoms with E-state index in [2.05, 4.69) is 22.4 Å². The van der Waals surface area contributed by atoms with Crippen molar-refractivity contribution in [2.24, 2.45) is 4.99 Å². The molecule has 0 aromatic heterocycles. The van der Waals surface area contributed by atoms with E-state index in [0.717, 1.165) is 0 Å². The van der Waals surface area contributed by atoms with Crippen molar-refractivity contribution < 1.29 is 14.3 Å². The van der Waals surface area contributed by atoms with Crippen LogP contribution in [0.3, 0.4) is 0 Å². The van der Waals surface area contributed by atoms with Crippen LogP contribution in [0.1, 0.15) is 20.3 Å². The molecule has 0 saturated heterocycles.